The van der Waals surface area contributed by atoms with E-state index in [4.69, 9.17) is 13.7 Å². The van der Waals surface area contributed by atoms with E-state index in [2.05, 4.69) is 15.5 Å². The molecule has 136 valence electrons. The Morgan fingerprint density at radius 3 is 2.88 bits per heavy atom. The second-order valence-electron chi connectivity index (χ2n) is 5.82. The summed E-state index contributed by atoms with van der Waals surface area (Å²) in [4.78, 5) is 29.0. The lowest BCUT2D eigenvalue weighted by atomic mass is 10.1. The molecule has 1 amide bonds. The number of carbonyl (C=O) groups is 2. The second kappa shape index (κ2) is 7.38. The quantitative estimate of drug-likeness (QED) is 0.676. The molecule has 8 heteroatoms. The second-order valence-corrected chi connectivity index (χ2v) is 5.82. The fourth-order valence-corrected chi connectivity index (χ4v) is 2.48. The van der Waals surface area contributed by atoms with E-state index in [1.165, 1.54) is 13.2 Å². The predicted octanol–water partition coefficient (Wildman–Crippen LogP) is 2.86. The molecule has 0 aliphatic rings. The van der Waals surface area contributed by atoms with Gasteiger partial charge in [-0.25, -0.2) is 9.78 Å². The lowest BCUT2D eigenvalue weighted by molar-refractivity contribution is -0.129. The molecule has 0 saturated carbocycles. The van der Waals surface area contributed by atoms with Gasteiger partial charge in [0, 0.05) is 6.54 Å². The molecule has 0 radical (unpaired) electrons. The van der Waals surface area contributed by atoms with Crippen molar-refractivity contribution in [2.24, 2.45) is 0 Å². The molecule has 26 heavy (non-hydrogen) atoms. The van der Waals surface area contributed by atoms with Crippen LogP contribution in [0.2, 0.25) is 0 Å². The standard InChI is InChI=1S/C18H19N3O5/c1-4-7-19-16(22)11(3)25-18(23)12-9-13(14-6-5-8-24-14)20-17-15(12)10(2)21-26-17/h5-6,8-9,11H,4,7H2,1-3H3,(H,19,22). The van der Waals surface area contributed by atoms with E-state index < -0.39 is 12.1 Å². The normalized spacial score (nSPS) is 12.1. The van der Waals surface area contributed by atoms with Gasteiger partial charge in [-0.1, -0.05) is 12.1 Å². The molecule has 0 aliphatic carbocycles. The highest BCUT2D eigenvalue weighted by atomic mass is 16.5. The summed E-state index contributed by atoms with van der Waals surface area (Å²) < 4.78 is 15.8. The van der Waals surface area contributed by atoms with Gasteiger partial charge in [-0.3, -0.25) is 4.79 Å². The van der Waals surface area contributed by atoms with E-state index in [0.29, 0.717) is 29.1 Å². The number of amides is 1. The first-order valence-corrected chi connectivity index (χ1v) is 8.30. The molecule has 8 nitrogen and oxygen atoms in total. The van der Waals surface area contributed by atoms with Gasteiger partial charge in [0.15, 0.2) is 11.9 Å². The van der Waals surface area contributed by atoms with Crippen molar-refractivity contribution in [3.63, 3.8) is 0 Å². The zero-order chi connectivity index (χ0) is 18.7. The summed E-state index contributed by atoms with van der Waals surface area (Å²) in [5.74, 6) is -0.529. The molecule has 0 saturated heterocycles. The number of carbonyl (C=O) groups excluding carboxylic acids is 2. The number of hydrogen-bond acceptors (Lipinski definition) is 7. The van der Waals surface area contributed by atoms with Gasteiger partial charge in [-0.2, -0.15) is 0 Å². The van der Waals surface area contributed by atoms with E-state index in [0.717, 1.165) is 6.42 Å². The van der Waals surface area contributed by atoms with Crippen LogP contribution in [0.15, 0.2) is 33.4 Å². The van der Waals surface area contributed by atoms with Crippen LogP contribution < -0.4 is 5.32 Å². The number of furan rings is 1. The van der Waals surface area contributed by atoms with Crippen molar-refractivity contribution >= 4 is 23.0 Å². The highest BCUT2D eigenvalue weighted by Crippen LogP contribution is 2.28. The van der Waals surface area contributed by atoms with Gasteiger partial charge in [0.1, 0.15) is 5.69 Å². The fraction of sp³-hybridized carbons (Fsp3) is 0.333. The van der Waals surface area contributed by atoms with Crippen LogP contribution in [0.5, 0.6) is 0 Å². The molecule has 0 fully saturated rings. The van der Waals surface area contributed by atoms with Crippen molar-refractivity contribution in [1.82, 2.24) is 15.5 Å². The Bertz CT molecular complexity index is 930. The lowest BCUT2D eigenvalue weighted by Crippen LogP contribution is -2.36. The van der Waals surface area contributed by atoms with Gasteiger partial charge in [-0.15, -0.1) is 0 Å². The first kappa shape index (κ1) is 17.7. The molecule has 0 bridgehead atoms. The zero-order valence-electron chi connectivity index (χ0n) is 14.7. The third-order valence-electron chi connectivity index (χ3n) is 3.81. The molecule has 0 aromatic carbocycles. The van der Waals surface area contributed by atoms with Crippen LogP contribution in [-0.4, -0.2) is 34.7 Å². The van der Waals surface area contributed by atoms with Gasteiger partial charge in [0.05, 0.1) is 22.9 Å². The molecule has 1 N–H and O–H groups in total. The Morgan fingerprint density at radius 2 is 2.19 bits per heavy atom. The molecule has 3 heterocycles. The van der Waals surface area contributed by atoms with Crippen molar-refractivity contribution in [2.45, 2.75) is 33.3 Å². The van der Waals surface area contributed by atoms with E-state index in [1.54, 1.807) is 25.1 Å². The van der Waals surface area contributed by atoms with Gasteiger partial charge in [-0.05, 0) is 38.5 Å². The number of aryl methyl sites for hydroxylation is 1. The Morgan fingerprint density at radius 1 is 1.38 bits per heavy atom. The van der Waals surface area contributed by atoms with Crippen LogP contribution in [0.3, 0.4) is 0 Å². The minimum Gasteiger partial charge on any atom is -0.463 e. The van der Waals surface area contributed by atoms with E-state index in [-0.39, 0.29) is 17.2 Å². The molecule has 3 rings (SSSR count). The molecule has 3 aromatic heterocycles. The maximum Gasteiger partial charge on any atom is 0.339 e. The third-order valence-corrected chi connectivity index (χ3v) is 3.81. The summed E-state index contributed by atoms with van der Waals surface area (Å²) in [6.07, 6.45) is 1.37. The van der Waals surface area contributed by atoms with Gasteiger partial charge in [0.25, 0.3) is 11.6 Å². The van der Waals surface area contributed by atoms with Crippen LogP contribution in [0.4, 0.5) is 0 Å². The third kappa shape index (κ3) is 3.44. The van der Waals surface area contributed by atoms with Crippen LogP contribution in [0.25, 0.3) is 22.6 Å². The molecule has 1 atom stereocenters. The number of pyridine rings is 1. The van der Waals surface area contributed by atoms with E-state index in [9.17, 15) is 9.59 Å². The Hall–Kier alpha value is -3.16. The van der Waals surface area contributed by atoms with Crippen molar-refractivity contribution < 1.29 is 23.3 Å². The topological polar surface area (TPSA) is 107 Å². The van der Waals surface area contributed by atoms with E-state index in [1.807, 2.05) is 6.92 Å². The Balaban J connectivity index is 1.94. The van der Waals surface area contributed by atoms with Gasteiger partial charge < -0.3 is 19.0 Å². The monoisotopic (exact) mass is 357 g/mol. The number of ether oxygens (including phenoxy) is 1. The number of aromatic nitrogens is 2. The number of fused-ring (bicyclic) bond motifs is 1. The van der Waals surface area contributed by atoms with Crippen molar-refractivity contribution in [2.75, 3.05) is 6.54 Å². The summed E-state index contributed by atoms with van der Waals surface area (Å²) in [6, 6.07) is 4.97. The molecule has 0 spiro atoms. The maximum atomic E-state index is 12.7. The summed E-state index contributed by atoms with van der Waals surface area (Å²) in [5.41, 5.74) is 1.34. The summed E-state index contributed by atoms with van der Waals surface area (Å²) >= 11 is 0. The fourth-order valence-electron chi connectivity index (χ4n) is 2.48. The van der Waals surface area contributed by atoms with Crippen LogP contribution in [0, 0.1) is 6.92 Å². The highest BCUT2D eigenvalue weighted by Gasteiger charge is 2.24. The molecule has 1 unspecified atom stereocenters. The van der Waals surface area contributed by atoms with E-state index >= 15 is 0 Å². The minimum atomic E-state index is -0.926. The lowest BCUT2D eigenvalue weighted by Gasteiger charge is -2.13. The van der Waals surface area contributed by atoms with Gasteiger partial charge >= 0.3 is 5.97 Å². The highest BCUT2D eigenvalue weighted by molar-refractivity contribution is 6.04. The van der Waals surface area contributed by atoms with Crippen LogP contribution >= 0.6 is 0 Å². The zero-order valence-corrected chi connectivity index (χ0v) is 14.7. The SMILES string of the molecule is CCCNC(=O)C(C)OC(=O)c1cc(-c2ccco2)nc2onc(C)c12. The van der Waals surface area contributed by atoms with Gasteiger partial charge in [0.2, 0.25) is 0 Å². The number of nitrogens with one attached hydrogen (secondary N) is 1. The number of hydrogen-bond donors (Lipinski definition) is 1. The first-order chi connectivity index (χ1) is 12.5. The summed E-state index contributed by atoms with van der Waals surface area (Å²) in [6.45, 7) is 5.69. The minimum absolute atomic E-state index is 0.200. The molecule has 0 aliphatic heterocycles. The predicted molar refractivity (Wildman–Crippen MR) is 92.4 cm³/mol. The molecular formula is C18H19N3O5. The number of nitrogens with zero attached hydrogens (tertiary/aromatic N) is 2. The molecular weight excluding hydrogens is 338 g/mol. The van der Waals surface area contributed by atoms with Crippen molar-refractivity contribution in [3.8, 4) is 11.5 Å². The first-order valence-electron chi connectivity index (χ1n) is 8.30. The average Bonchev–Trinajstić information content (AvgIpc) is 3.29. The Kier molecular flexibility index (Phi) is 5.01. The maximum absolute atomic E-state index is 12.7. The molecule has 3 aromatic rings. The summed E-state index contributed by atoms with van der Waals surface area (Å²) in [5, 5.41) is 7.00. The number of rotatable bonds is 6. The van der Waals surface area contributed by atoms with Crippen molar-refractivity contribution in [3.05, 3.63) is 35.7 Å². The largest absolute Gasteiger partial charge is 0.463 e. The number of esters is 1. The Labute approximate surface area is 149 Å². The summed E-state index contributed by atoms with van der Waals surface area (Å²) in [7, 11) is 0. The van der Waals surface area contributed by atoms with Crippen molar-refractivity contribution in [1.29, 1.82) is 0 Å². The van der Waals surface area contributed by atoms with Crippen LogP contribution in [-0.2, 0) is 9.53 Å². The average molecular weight is 357 g/mol. The van der Waals surface area contributed by atoms with Crippen LogP contribution in [0.1, 0.15) is 36.3 Å². The smallest absolute Gasteiger partial charge is 0.339 e.